The van der Waals surface area contributed by atoms with Crippen LogP contribution in [0.1, 0.15) is 11.4 Å². The van der Waals surface area contributed by atoms with Crippen molar-refractivity contribution in [3.8, 4) is 11.4 Å². The summed E-state index contributed by atoms with van der Waals surface area (Å²) in [5, 5.41) is 9.64. The van der Waals surface area contributed by atoms with Crippen molar-refractivity contribution in [2.24, 2.45) is 0 Å². The van der Waals surface area contributed by atoms with Crippen LogP contribution in [0.5, 0.6) is 0 Å². The summed E-state index contributed by atoms with van der Waals surface area (Å²) < 4.78 is 40.6. The van der Waals surface area contributed by atoms with Gasteiger partial charge >= 0.3 is 6.18 Å². The number of alkyl halides is 3. The van der Waals surface area contributed by atoms with Crippen LogP contribution < -0.4 is 5.32 Å². The molecule has 0 saturated carbocycles. The molecular formula is C19H16F3N7O. The molecule has 3 aromatic heterocycles. The smallest absolute Gasteiger partial charge is 0.354 e. The number of H-pyrrole nitrogens is 1. The summed E-state index contributed by atoms with van der Waals surface area (Å²) in [5.41, 5.74) is 0.0156. The van der Waals surface area contributed by atoms with Crippen LogP contribution in [0.4, 0.5) is 13.2 Å². The Kier molecular flexibility index (Phi) is 5.17. The number of carbonyl (C=O) groups is 1. The zero-order valence-corrected chi connectivity index (χ0v) is 15.5. The summed E-state index contributed by atoms with van der Waals surface area (Å²) in [4.78, 5) is 24.4. The Morgan fingerprint density at radius 1 is 1.20 bits per heavy atom. The summed E-state index contributed by atoms with van der Waals surface area (Å²) in [6, 6.07) is 7.38. The standard InChI is InChI=1S/C19H16F3N7O/c20-19(21,22)13-4-1-5-14-17(13)25-11-29(14)10-16(30)24-8-6-15-26-18(28-27-15)12-3-2-7-23-9-12/h1-5,7,9,11H,6,8,10H2,(H,24,30)(H,26,27,28). The van der Waals surface area contributed by atoms with E-state index in [4.69, 9.17) is 0 Å². The van der Waals surface area contributed by atoms with Crippen LogP contribution in [-0.2, 0) is 23.9 Å². The van der Waals surface area contributed by atoms with Gasteiger partial charge in [-0.2, -0.15) is 18.3 Å². The van der Waals surface area contributed by atoms with E-state index >= 15 is 0 Å². The Morgan fingerprint density at radius 2 is 2.07 bits per heavy atom. The maximum Gasteiger partial charge on any atom is 0.418 e. The number of pyridine rings is 1. The van der Waals surface area contributed by atoms with Crippen molar-refractivity contribution in [1.82, 2.24) is 35.0 Å². The number of imidazole rings is 1. The first-order chi connectivity index (χ1) is 14.4. The molecule has 1 aromatic carbocycles. The molecule has 1 amide bonds. The average molecular weight is 415 g/mol. The van der Waals surface area contributed by atoms with Crippen LogP contribution >= 0.6 is 0 Å². The van der Waals surface area contributed by atoms with Crippen LogP contribution in [0.15, 0.2) is 49.1 Å². The highest BCUT2D eigenvalue weighted by Gasteiger charge is 2.33. The minimum Gasteiger partial charge on any atom is -0.354 e. The molecule has 30 heavy (non-hydrogen) atoms. The highest BCUT2D eigenvalue weighted by atomic mass is 19.4. The van der Waals surface area contributed by atoms with E-state index in [2.05, 4.69) is 30.5 Å². The summed E-state index contributed by atoms with van der Waals surface area (Å²) >= 11 is 0. The molecule has 3 heterocycles. The summed E-state index contributed by atoms with van der Waals surface area (Å²) in [6.45, 7) is 0.149. The van der Waals surface area contributed by atoms with Crippen molar-refractivity contribution >= 4 is 16.9 Å². The highest BCUT2D eigenvalue weighted by Crippen LogP contribution is 2.33. The number of rotatable bonds is 6. The maximum absolute atomic E-state index is 13.1. The number of amides is 1. The van der Waals surface area contributed by atoms with Crippen molar-refractivity contribution < 1.29 is 18.0 Å². The van der Waals surface area contributed by atoms with Gasteiger partial charge < -0.3 is 9.88 Å². The number of benzene rings is 1. The first kappa shape index (κ1) is 19.6. The van der Waals surface area contributed by atoms with Gasteiger partial charge in [-0.25, -0.2) is 9.97 Å². The lowest BCUT2D eigenvalue weighted by atomic mass is 10.2. The Labute approximate surface area is 168 Å². The van der Waals surface area contributed by atoms with Crippen LogP contribution in [0.3, 0.4) is 0 Å². The summed E-state index contributed by atoms with van der Waals surface area (Å²) in [7, 11) is 0. The van der Waals surface area contributed by atoms with Gasteiger partial charge in [0.1, 0.15) is 17.9 Å². The van der Waals surface area contributed by atoms with E-state index in [9.17, 15) is 18.0 Å². The molecular weight excluding hydrogens is 399 g/mol. The van der Waals surface area contributed by atoms with Crippen LogP contribution in [0.2, 0.25) is 0 Å². The van der Waals surface area contributed by atoms with Gasteiger partial charge in [-0.1, -0.05) is 6.07 Å². The van der Waals surface area contributed by atoms with Gasteiger partial charge in [0.2, 0.25) is 5.91 Å². The number of aromatic nitrogens is 6. The molecule has 4 aromatic rings. The molecule has 0 spiro atoms. The second kappa shape index (κ2) is 7.93. The molecule has 8 nitrogen and oxygen atoms in total. The predicted octanol–water partition coefficient (Wildman–Crippen LogP) is 2.59. The largest absolute Gasteiger partial charge is 0.418 e. The van der Waals surface area contributed by atoms with E-state index < -0.39 is 11.7 Å². The van der Waals surface area contributed by atoms with Gasteiger partial charge in [0.05, 0.1) is 17.4 Å². The number of hydrogen-bond acceptors (Lipinski definition) is 5. The molecule has 0 aliphatic heterocycles. The van der Waals surface area contributed by atoms with Gasteiger partial charge in [0.15, 0.2) is 5.82 Å². The lowest BCUT2D eigenvalue weighted by Crippen LogP contribution is -2.29. The van der Waals surface area contributed by atoms with E-state index in [0.29, 0.717) is 24.6 Å². The molecule has 0 unspecified atom stereocenters. The molecule has 0 fully saturated rings. The molecule has 2 N–H and O–H groups in total. The second-order valence-corrected chi connectivity index (χ2v) is 6.49. The lowest BCUT2D eigenvalue weighted by Gasteiger charge is -2.08. The van der Waals surface area contributed by atoms with Crippen molar-refractivity contribution in [2.75, 3.05) is 6.54 Å². The fraction of sp³-hybridized carbons (Fsp3) is 0.211. The highest BCUT2D eigenvalue weighted by molar-refractivity contribution is 5.82. The number of aromatic amines is 1. The Morgan fingerprint density at radius 3 is 2.83 bits per heavy atom. The summed E-state index contributed by atoms with van der Waals surface area (Å²) in [5.74, 6) is 0.755. The predicted molar refractivity (Wildman–Crippen MR) is 101 cm³/mol. The first-order valence-corrected chi connectivity index (χ1v) is 9.01. The zero-order valence-electron chi connectivity index (χ0n) is 15.5. The maximum atomic E-state index is 13.1. The van der Waals surface area contributed by atoms with Crippen molar-refractivity contribution in [3.05, 3.63) is 60.4 Å². The van der Waals surface area contributed by atoms with Gasteiger partial charge in [-0.05, 0) is 24.3 Å². The number of nitrogens with one attached hydrogen (secondary N) is 2. The van der Waals surface area contributed by atoms with Gasteiger partial charge in [-0.15, -0.1) is 0 Å². The number of carbonyl (C=O) groups excluding carboxylic acids is 1. The molecule has 154 valence electrons. The van der Waals surface area contributed by atoms with Crippen molar-refractivity contribution in [3.63, 3.8) is 0 Å². The van der Waals surface area contributed by atoms with Gasteiger partial charge in [0, 0.05) is 30.9 Å². The third kappa shape index (κ3) is 4.14. The molecule has 0 saturated heterocycles. The molecule has 0 aliphatic carbocycles. The van der Waals surface area contributed by atoms with E-state index in [0.717, 1.165) is 11.6 Å². The Bertz CT molecular complexity index is 1170. The molecule has 0 aliphatic rings. The molecule has 0 radical (unpaired) electrons. The van der Waals surface area contributed by atoms with E-state index in [1.165, 1.54) is 23.0 Å². The summed E-state index contributed by atoms with van der Waals surface area (Å²) in [6.07, 6.45) is 0.444. The first-order valence-electron chi connectivity index (χ1n) is 9.01. The molecule has 4 rings (SSSR count). The lowest BCUT2D eigenvalue weighted by molar-refractivity contribution is -0.136. The third-order valence-corrected chi connectivity index (χ3v) is 4.41. The quantitative estimate of drug-likeness (QED) is 0.504. The van der Waals surface area contributed by atoms with Gasteiger partial charge in [0.25, 0.3) is 0 Å². The van der Waals surface area contributed by atoms with E-state index in [1.807, 2.05) is 6.07 Å². The number of hydrogen-bond donors (Lipinski definition) is 2. The number of fused-ring (bicyclic) bond motifs is 1. The zero-order chi connectivity index (χ0) is 21.1. The van der Waals surface area contributed by atoms with Gasteiger partial charge in [-0.3, -0.25) is 14.9 Å². The number of para-hydroxylation sites is 1. The Balaban J connectivity index is 1.35. The second-order valence-electron chi connectivity index (χ2n) is 6.49. The fourth-order valence-electron chi connectivity index (χ4n) is 3.01. The van der Waals surface area contributed by atoms with Crippen LogP contribution in [-0.4, -0.2) is 42.2 Å². The average Bonchev–Trinajstić information content (AvgIpc) is 3.35. The monoisotopic (exact) mass is 415 g/mol. The minimum atomic E-state index is -4.51. The van der Waals surface area contributed by atoms with Crippen molar-refractivity contribution in [2.45, 2.75) is 19.1 Å². The fourth-order valence-corrected chi connectivity index (χ4v) is 3.01. The number of halogens is 3. The molecule has 0 atom stereocenters. The SMILES string of the molecule is O=C(Cn1cnc2c(C(F)(F)F)cccc21)NCCc1nc(-c2cccnc2)n[nH]1. The molecule has 11 heteroatoms. The topological polar surface area (TPSA) is 101 Å². The Hall–Kier alpha value is -3.76. The van der Waals surface area contributed by atoms with Crippen LogP contribution in [0.25, 0.3) is 22.4 Å². The van der Waals surface area contributed by atoms with Crippen LogP contribution in [0, 0.1) is 0 Å². The number of nitrogens with zero attached hydrogens (tertiary/aromatic N) is 5. The third-order valence-electron chi connectivity index (χ3n) is 4.41. The van der Waals surface area contributed by atoms with E-state index in [-0.39, 0.29) is 23.5 Å². The normalized spacial score (nSPS) is 11.7. The van der Waals surface area contributed by atoms with Crippen molar-refractivity contribution in [1.29, 1.82) is 0 Å². The minimum absolute atomic E-state index is 0.144. The molecule has 0 bridgehead atoms. The van der Waals surface area contributed by atoms with E-state index in [1.54, 1.807) is 18.5 Å².